The molecule has 0 aliphatic rings. The summed E-state index contributed by atoms with van der Waals surface area (Å²) in [4.78, 5) is 10.5. The van der Waals surface area contributed by atoms with Crippen LogP contribution in [0.25, 0.3) is 0 Å². The Morgan fingerprint density at radius 3 is 2.28 bits per heavy atom. The molecule has 0 amide bonds. The van der Waals surface area contributed by atoms with Crippen molar-refractivity contribution in [2.45, 2.75) is 19.8 Å². The van der Waals surface area contributed by atoms with E-state index in [4.69, 9.17) is 24.5 Å². The summed E-state index contributed by atoms with van der Waals surface area (Å²) >= 11 is 0. The van der Waals surface area contributed by atoms with Crippen LogP contribution in [0.1, 0.15) is 23.7 Å². The normalized spacial score (nSPS) is 10.7. The lowest BCUT2D eigenvalue weighted by Crippen LogP contribution is -2.14. The maximum absolute atomic E-state index is 6.20. The maximum atomic E-state index is 6.20. The highest BCUT2D eigenvalue weighted by molar-refractivity contribution is 5.57. The molecule has 3 rings (SSSR count). The molecular weight excluding hydrogens is 374 g/mol. The van der Waals surface area contributed by atoms with Gasteiger partial charge in [-0.2, -0.15) is 4.98 Å². The molecule has 2 N–H and O–H groups in total. The minimum atomic E-state index is 0.380. The molecule has 0 spiro atoms. The molecule has 9 heteroatoms. The van der Waals surface area contributed by atoms with Crippen LogP contribution in [0.4, 0.5) is 17.7 Å². The van der Waals surface area contributed by atoms with Crippen molar-refractivity contribution < 1.29 is 18.7 Å². The van der Waals surface area contributed by atoms with E-state index in [2.05, 4.69) is 15.1 Å². The first-order valence-electron chi connectivity index (χ1n) is 9.10. The highest BCUT2D eigenvalue weighted by atomic mass is 16.5. The van der Waals surface area contributed by atoms with Crippen molar-refractivity contribution in [3.8, 4) is 17.2 Å². The van der Waals surface area contributed by atoms with Crippen molar-refractivity contribution in [1.82, 2.24) is 15.1 Å². The van der Waals surface area contributed by atoms with E-state index in [-0.39, 0.29) is 0 Å². The molecule has 0 unspecified atom stereocenters. The van der Waals surface area contributed by atoms with Gasteiger partial charge in [0.25, 0.3) is 0 Å². The Bertz CT molecular complexity index is 964. The van der Waals surface area contributed by atoms with Gasteiger partial charge in [0.2, 0.25) is 17.6 Å². The number of hydrogen-bond donors (Lipinski definition) is 1. The van der Waals surface area contributed by atoms with Gasteiger partial charge in [0, 0.05) is 31.3 Å². The number of methoxy groups -OCH3 is 3. The number of nitrogens with zero attached hydrogens (tertiary/aromatic N) is 4. The number of aromatic nitrogens is 3. The first kappa shape index (κ1) is 20.2. The third-order valence-corrected chi connectivity index (χ3v) is 4.54. The smallest absolute Gasteiger partial charge is 0.234 e. The quantitative estimate of drug-likeness (QED) is 0.611. The Hall–Kier alpha value is -3.49. The fourth-order valence-corrected chi connectivity index (χ4v) is 2.89. The monoisotopic (exact) mass is 399 g/mol. The molecule has 0 fully saturated rings. The van der Waals surface area contributed by atoms with E-state index in [1.165, 1.54) is 0 Å². The van der Waals surface area contributed by atoms with Crippen LogP contribution in [0.2, 0.25) is 0 Å². The zero-order valence-corrected chi connectivity index (χ0v) is 17.2. The number of rotatable bonds is 8. The summed E-state index contributed by atoms with van der Waals surface area (Å²) in [5.74, 6) is 3.06. The Morgan fingerprint density at radius 2 is 1.76 bits per heavy atom. The molecule has 0 radical (unpaired) electrons. The summed E-state index contributed by atoms with van der Waals surface area (Å²) < 4.78 is 21.5. The predicted molar refractivity (Wildman–Crippen MR) is 109 cm³/mol. The van der Waals surface area contributed by atoms with Gasteiger partial charge in [-0.3, -0.25) is 4.90 Å². The largest absolute Gasteiger partial charge is 0.493 e. The number of nitrogens with two attached hydrogens (primary N) is 1. The summed E-state index contributed by atoms with van der Waals surface area (Å²) in [6, 6.07) is 5.60. The van der Waals surface area contributed by atoms with Gasteiger partial charge in [-0.1, -0.05) is 12.1 Å². The van der Waals surface area contributed by atoms with Crippen LogP contribution in [-0.4, -0.2) is 43.5 Å². The molecule has 29 heavy (non-hydrogen) atoms. The van der Waals surface area contributed by atoms with E-state index in [9.17, 15) is 0 Å². The lowest BCUT2D eigenvalue weighted by molar-refractivity contribution is 0.324. The molecule has 1 aromatic carbocycles. The van der Waals surface area contributed by atoms with Crippen molar-refractivity contribution >= 4 is 17.7 Å². The van der Waals surface area contributed by atoms with Crippen molar-refractivity contribution in [2.24, 2.45) is 0 Å². The van der Waals surface area contributed by atoms with Crippen molar-refractivity contribution in [3.63, 3.8) is 0 Å². The minimum Gasteiger partial charge on any atom is -0.493 e. The lowest BCUT2D eigenvalue weighted by atomic mass is 10.1. The van der Waals surface area contributed by atoms with Crippen LogP contribution >= 0.6 is 0 Å². The summed E-state index contributed by atoms with van der Waals surface area (Å²) in [6.07, 6.45) is 3.00. The Morgan fingerprint density at radius 1 is 1.07 bits per heavy atom. The number of benzene rings is 1. The SMILES string of the molecule is CCc1cc(N(C)c2ncc(Cc3cc(OC)c(OC)c(OC)c3)c(N)n2)on1. The molecule has 0 bridgehead atoms. The van der Waals surface area contributed by atoms with Gasteiger partial charge in [0.05, 0.1) is 27.0 Å². The Balaban J connectivity index is 1.86. The van der Waals surface area contributed by atoms with Gasteiger partial charge in [-0.05, 0) is 24.1 Å². The lowest BCUT2D eigenvalue weighted by Gasteiger charge is -2.16. The zero-order valence-electron chi connectivity index (χ0n) is 17.2. The second-order valence-corrected chi connectivity index (χ2v) is 6.36. The second-order valence-electron chi connectivity index (χ2n) is 6.36. The van der Waals surface area contributed by atoms with Gasteiger partial charge in [0.1, 0.15) is 5.82 Å². The van der Waals surface area contributed by atoms with Crippen LogP contribution in [0.5, 0.6) is 17.2 Å². The molecule has 154 valence electrons. The third-order valence-electron chi connectivity index (χ3n) is 4.54. The second kappa shape index (κ2) is 8.68. The first-order valence-corrected chi connectivity index (χ1v) is 9.10. The average Bonchev–Trinajstić information content (AvgIpc) is 3.23. The highest BCUT2D eigenvalue weighted by Crippen LogP contribution is 2.39. The average molecular weight is 399 g/mol. The van der Waals surface area contributed by atoms with Gasteiger partial charge < -0.3 is 24.5 Å². The highest BCUT2D eigenvalue weighted by Gasteiger charge is 2.17. The minimum absolute atomic E-state index is 0.380. The van der Waals surface area contributed by atoms with E-state index in [0.717, 1.165) is 23.2 Å². The molecule has 0 saturated heterocycles. The topological polar surface area (TPSA) is 109 Å². The van der Waals surface area contributed by atoms with Gasteiger partial charge in [-0.25, -0.2) is 4.98 Å². The molecule has 0 saturated carbocycles. The zero-order chi connectivity index (χ0) is 21.0. The van der Waals surface area contributed by atoms with E-state index >= 15 is 0 Å². The fraction of sp³-hybridized carbons (Fsp3) is 0.350. The predicted octanol–water partition coefficient (Wildman–Crippen LogP) is 2.99. The van der Waals surface area contributed by atoms with Gasteiger partial charge in [-0.15, -0.1) is 0 Å². The van der Waals surface area contributed by atoms with Crippen LogP contribution in [0.15, 0.2) is 28.9 Å². The molecule has 0 aliphatic carbocycles. The van der Waals surface area contributed by atoms with E-state index in [1.54, 1.807) is 39.5 Å². The van der Waals surface area contributed by atoms with E-state index < -0.39 is 0 Å². The molecule has 0 atom stereocenters. The Kier molecular flexibility index (Phi) is 6.06. The molecule has 3 aromatic rings. The number of anilines is 3. The summed E-state index contributed by atoms with van der Waals surface area (Å²) in [6.45, 7) is 2.01. The van der Waals surface area contributed by atoms with E-state index in [1.807, 2.05) is 25.1 Å². The summed E-state index contributed by atoms with van der Waals surface area (Å²) in [5, 5.41) is 3.99. The van der Waals surface area contributed by atoms with Crippen LogP contribution in [-0.2, 0) is 12.8 Å². The number of aryl methyl sites for hydroxylation is 1. The fourth-order valence-electron chi connectivity index (χ4n) is 2.89. The van der Waals surface area contributed by atoms with Crippen LogP contribution < -0.4 is 24.8 Å². The molecule has 9 nitrogen and oxygen atoms in total. The molecular formula is C20H25N5O4. The summed E-state index contributed by atoms with van der Waals surface area (Å²) in [5.41, 5.74) is 8.77. The molecule has 2 aromatic heterocycles. The van der Waals surface area contributed by atoms with Gasteiger partial charge >= 0.3 is 0 Å². The number of ether oxygens (including phenoxy) is 3. The van der Waals surface area contributed by atoms with E-state index in [0.29, 0.717) is 41.3 Å². The molecule has 2 heterocycles. The summed E-state index contributed by atoms with van der Waals surface area (Å²) in [7, 11) is 6.53. The van der Waals surface area contributed by atoms with Crippen molar-refractivity contribution in [2.75, 3.05) is 39.0 Å². The van der Waals surface area contributed by atoms with Crippen LogP contribution in [0.3, 0.4) is 0 Å². The number of nitrogen functional groups attached to an aromatic ring is 1. The van der Waals surface area contributed by atoms with Gasteiger partial charge in [0.15, 0.2) is 11.5 Å². The van der Waals surface area contributed by atoms with Crippen molar-refractivity contribution in [1.29, 1.82) is 0 Å². The van der Waals surface area contributed by atoms with Crippen molar-refractivity contribution in [3.05, 3.63) is 41.2 Å². The standard InChI is InChI=1S/C20H25N5O4/c1-6-14-10-17(29-24-14)25(2)20-22-11-13(19(21)23-20)7-12-8-15(26-3)18(28-5)16(9-12)27-4/h8-11H,6-7H2,1-5H3,(H2,21,22,23). The first-order chi connectivity index (χ1) is 14.0. The maximum Gasteiger partial charge on any atom is 0.234 e. The molecule has 0 aliphatic heterocycles. The third kappa shape index (κ3) is 4.18. The van der Waals surface area contributed by atoms with Crippen LogP contribution in [0, 0.1) is 0 Å². The Labute approximate surface area is 169 Å². The number of hydrogen-bond acceptors (Lipinski definition) is 9.